The molecule has 7 heteroatoms. The van der Waals surface area contributed by atoms with Gasteiger partial charge in [0.15, 0.2) is 11.6 Å². The van der Waals surface area contributed by atoms with Crippen molar-refractivity contribution in [1.82, 2.24) is 15.2 Å². The highest BCUT2D eigenvalue weighted by molar-refractivity contribution is 5.92. The van der Waals surface area contributed by atoms with Gasteiger partial charge in [0, 0.05) is 64.1 Å². The third-order valence-electron chi connectivity index (χ3n) is 5.26. The SMILES string of the molecule is CCC(=O)N(CC1(N2CCNCC2)CCOCC1)c1ncccc1F. The van der Waals surface area contributed by atoms with Crippen LogP contribution in [0, 0.1) is 5.82 Å². The van der Waals surface area contributed by atoms with Gasteiger partial charge in [-0.2, -0.15) is 0 Å². The number of nitrogens with zero attached hydrogens (tertiary/aromatic N) is 3. The standard InChI is InChI=1S/C18H27FN4O2/c1-2-16(24)23(17-15(19)4-3-7-21-17)14-18(5-12-25-13-6-18)22-10-8-20-9-11-22/h3-4,7,20H,2,5-6,8-14H2,1H3. The van der Waals surface area contributed by atoms with Crippen molar-refractivity contribution in [3.63, 3.8) is 0 Å². The maximum absolute atomic E-state index is 14.4. The van der Waals surface area contributed by atoms with E-state index < -0.39 is 5.82 Å². The molecule has 6 nitrogen and oxygen atoms in total. The molecule has 1 amide bonds. The molecule has 0 saturated carbocycles. The molecule has 1 aromatic rings. The zero-order valence-corrected chi connectivity index (χ0v) is 14.8. The first-order valence-corrected chi connectivity index (χ1v) is 9.11. The zero-order chi connectivity index (χ0) is 17.7. The summed E-state index contributed by atoms with van der Waals surface area (Å²) >= 11 is 0. The molecular weight excluding hydrogens is 323 g/mol. The number of halogens is 1. The van der Waals surface area contributed by atoms with Crippen molar-refractivity contribution < 1.29 is 13.9 Å². The second-order valence-corrected chi connectivity index (χ2v) is 6.72. The largest absolute Gasteiger partial charge is 0.381 e. The molecule has 0 atom stereocenters. The lowest BCUT2D eigenvalue weighted by Gasteiger charge is -2.49. The minimum Gasteiger partial charge on any atom is -0.381 e. The van der Waals surface area contributed by atoms with Gasteiger partial charge in [0.1, 0.15) is 0 Å². The number of anilines is 1. The lowest BCUT2D eigenvalue weighted by atomic mass is 9.86. The number of hydrogen-bond acceptors (Lipinski definition) is 5. The summed E-state index contributed by atoms with van der Waals surface area (Å²) in [5, 5.41) is 3.37. The Bertz CT molecular complexity index is 586. The molecule has 0 aromatic carbocycles. The monoisotopic (exact) mass is 350 g/mol. The first kappa shape index (κ1) is 18.2. The third kappa shape index (κ3) is 3.99. The van der Waals surface area contributed by atoms with Crippen LogP contribution in [0.1, 0.15) is 26.2 Å². The number of ether oxygens (including phenoxy) is 1. The van der Waals surface area contributed by atoms with Crippen molar-refractivity contribution in [2.45, 2.75) is 31.7 Å². The number of rotatable bonds is 5. The van der Waals surface area contributed by atoms with Crippen molar-refractivity contribution in [3.05, 3.63) is 24.1 Å². The van der Waals surface area contributed by atoms with E-state index in [1.807, 2.05) is 0 Å². The van der Waals surface area contributed by atoms with Gasteiger partial charge < -0.3 is 10.1 Å². The number of nitrogens with one attached hydrogen (secondary N) is 1. The molecule has 2 aliphatic heterocycles. The molecule has 0 unspecified atom stereocenters. The van der Waals surface area contributed by atoms with E-state index in [0.717, 1.165) is 39.0 Å². The fourth-order valence-corrected chi connectivity index (χ4v) is 3.81. The average Bonchev–Trinajstić information content (AvgIpc) is 2.68. The van der Waals surface area contributed by atoms with E-state index in [0.29, 0.717) is 26.2 Å². The average molecular weight is 350 g/mol. The summed E-state index contributed by atoms with van der Waals surface area (Å²) in [6.07, 6.45) is 3.55. The minimum atomic E-state index is -0.452. The normalized spacial score (nSPS) is 21.0. The quantitative estimate of drug-likeness (QED) is 0.870. The minimum absolute atomic E-state index is 0.0985. The van der Waals surface area contributed by atoms with Crippen LogP contribution in [0.2, 0.25) is 0 Å². The van der Waals surface area contributed by atoms with E-state index in [9.17, 15) is 9.18 Å². The molecular formula is C18H27FN4O2. The molecule has 3 rings (SSSR count). The Balaban J connectivity index is 1.91. The van der Waals surface area contributed by atoms with Crippen LogP contribution in [0.15, 0.2) is 18.3 Å². The van der Waals surface area contributed by atoms with Gasteiger partial charge in [0.25, 0.3) is 0 Å². The van der Waals surface area contributed by atoms with Gasteiger partial charge in [0.2, 0.25) is 5.91 Å². The first-order chi connectivity index (χ1) is 12.2. The fourth-order valence-electron chi connectivity index (χ4n) is 3.81. The summed E-state index contributed by atoms with van der Waals surface area (Å²) in [5.41, 5.74) is -0.185. The van der Waals surface area contributed by atoms with Crippen LogP contribution in [0.25, 0.3) is 0 Å². The number of carbonyl (C=O) groups is 1. The first-order valence-electron chi connectivity index (χ1n) is 9.11. The number of pyridine rings is 1. The van der Waals surface area contributed by atoms with E-state index in [1.54, 1.807) is 17.9 Å². The van der Waals surface area contributed by atoms with Gasteiger partial charge in [-0.15, -0.1) is 0 Å². The van der Waals surface area contributed by atoms with Gasteiger partial charge in [-0.05, 0) is 25.0 Å². The van der Waals surface area contributed by atoms with Crippen LogP contribution in [0.3, 0.4) is 0 Å². The molecule has 0 bridgehead atoms. The molecule has 0 aliphatic carbocycles. The van der Waals surface area contributed by atoms with Crippen LogP contribution in [-0.2, 0) is 9.53 Å². The predicted molar refractivity (Wildman–Crippen MR) is 94.1 cm³/mol. The molecule has 0 spiro atoms. The molecule has 25 heavy (non-hydrogen) atoms. The van der Waals surface area contributed by atoms with E-state index in [2.05, 4.69) is 15.2 Å². The Morgan fingerprint density at radius 2 is 2.12 bits per heavy atom. The van der Waals surface area contributed by atoms with E-state index in [1.165, 1.54) is 12.3 Å². The number of amides is 1. The zero-order valence-electron chi connectivity index (χ0n) is 14.8. The second kappa shape index (κ2) is 8.21. The summed E-state index contributed by atoms with van der Waals surface area (Å²) < 4.78 is 19.9. The topological polar surface area (TPSA) is 57.7 Å². The molecule has 2 saturated heterocycles. The summed E-state index contributed by atoms with van der Waals surface area (Å²) in [4.78, 5) is 20.8. The van der Waals surface area contributed by atoms with Crippen LogP contribution in [-0.4, -0.2) is 67.3 Å². The highest BCUT2D eigenvalue weighted by Gasteiger charge is 2.42. The van der Waals surface area contributed by atoms with Gasteiger partial charge in [0.05, 0.1) is 0 Å². The van der Waals surface area contributed by atoms with Gasteiger partial charge in [-0.25, -0.2) is 9.37 Å². The lowest BCUT2D eigenvalue weighted by molar-refractivity contribution is -0.119. The van der Waals surface area contributed by atoms with Crippen molar-refractivity contribution >= 4 is 11.7 Å². The Kier molecular flexibility index (Phi) is 5.98. The number of aromatic nitrogens is 1. The predicted octanol–water partition coefficient (Wildman–Crippen LogP) is 1.42. The highest BCUT2D eigenvalue weighted by Crippen LogP contribution is 2.31. The van der Waals surface area contributed by atoms with Crippen molar-refractivity contribution in [2.24, 2.45) is 0 Å². The van der Waals surface area contributed by atoms with Gasteiger partial charge in [-0.1, -0.05) is 6.92 Å². The van der Waals surface area contributed by atoms with Crippen LogP contribution in [0.4, 0.5) is 10.2 Å². The Morgan fingerprint density at radius 3 is 2.76 bits per heavy atom. The van der Waals surface area contributed by atoms with E-state index in [-0.39, 0.29) is 17.3 Å². The van der Waals surface area contributed by atoms with Crippen molar-refractivity contribution in [1.29, 1.82) is 0 Å². The Morgan fingerprint density at radius 1 is 1.40 bits per heavy atom. The molecule has 2 aliphatic rings. The van der Waals surface area contributed by atoms with Crippen LogP contribution >= 0.6 is 0 Å². The Hall–Kier alpha value is -1.57. The molecule has 1 N–H and O–H groups in total. The summed E-state index contributed by atoms with van der Waals surface area (Å²) in [7, 11) is 0. The molecule has 0 radical (unpaired) electrons. The van der Waals surface area contributed by atoms with Gasteiger partial charge in [-0.3, -0.25) is 14.6 Å². The summed E-state index contributed by atoms with van der Waals surface area (Å²) in [6.45, 7) is 7.32. The molecule has 2 fully saturated rings. The maximum Gasteiger partial charge on any atom is 0.228 e. The lowest BCUT2D eigenvalue weighted by Crippen LogP contribution is -2.63. The molecule has 1 aromatic heterocycles. The number of hydrogen-bond donors (Lipinski definition) is 1. The van der Waals surface area contributed by atoms with Gasteiger partial charge >= 0.3 is 0 Å². The van der Waals surface area contributed by atoms with Crippen LogP contribution in [0.5, 0.6) is 0 Å². The highest BCUT2D eigenvalue weighted by atomic mass is 19.1. The smallest absolute Gasteiger partial charge is 0.228 e. The number of carbonyl (C=O) groups excluding carboxylic acids is 1. The van der Waals surface area contributed by atoms with Crippen molar-refractivity contribution in [2.75, 3.05) is 50.8 Å². The number of piperazine rings is 1. The van der Waals surface area contributed by atoms with Crippen LogP contribution < -0.4 is 10.2 Å². The molecule has 138 valence electrons. The molecule has 3 heterocycles. The third-order valence-corrected chi connectivity index (χ3v) is 5.26. The van der Waals surface area contributed by atoms with Crippen molar-refractivity contribution in [3.8, 4) is 0 Å². The maximum atomic E-state index is 14.4. The summed E-state index contributed by atoms with van der Waals surface area (Å²) in [6, 6.07) is 2.91. The van der Waals surface area contributed by atoms with E-state index in [4.69, 9.17) is 4.74 Å². The summed E-state index contributed by atoms with van der Waals surface area (Å²) in [5.74, 6) is -0.416. The van der Waals surface area contributed by atoms with E-state index >= 15 is 0 Å². The fraction of sp³-hybridized carbons (Fsp3) is 0.667. The Labute approximate surface area is 148 Å². The second-order valence-electron chi connectivity index (χ2n) is 6.72.